The highest BCUT2D eigenvalue weighted by Crippen LogP contribution is 2.35. The molecule has 0 heterocycles. The van der Waals surface area contributed by atoms with Gasteiger partial charge in [0.25, 0.3) is 0 Å². The number of allylic oxidation sites excluding steroid dienone is 2. The Labute approximate surface area is 182 Å². The Morgan fingerprint density at radius 3 is 2.37 bits per heavy atom. The van der Waals surface area contributed by atoms with Crippen LogP contribution in [0.5, 0.6) is 0 Å². The summed E-state index contributed by atoms with van der Waals surface area (Å²) in [4.78, 5) is 0. The SMILES string of the molecule is C/C=C/CCc1ccc(-c2ccc(C3CCC(OCCCCC)CC3)cc2)cc1F. The summed E-state index contributed by atoms with van der Waals surface area (Å²) < 4.78 is 20.5. The summed E-state index contributed by atoms with van der Waals surface area (Å²) in [5, 5.41) is 0. The molecule has 1 aliphatic rings. The molecule has 162 valence electrons. The van der Waals surface area contributed by atoms with Crippen LogP contribution in [0.4, 0.5) is 4.39 Å². The van der Waals surface area contributed by atoms with Gasteiger partial charge in [0.1, 0.15) is 5.82 Å². The van der Waals surface area contributed by atoms with Crippen LogP contribution in [0.2, 0.25) is 0 Å². The van der Waals surface area contributed by atoms with Crippen LogP contribution in [0, 0.1) is 5.82 Å². The van der Waals surface area contributed by atoms with Crippen molar-refractivity contribution < 1.29 is 9.13 Å². The Morgan fingerprint density at radius 2 is 1.70 bits per heavy atom. The molecule has 0 spiro atoms. The highest BCUT2D eigenvalue weighted by atomic mass is 19.1. The third-order valence-corrected chi connectivity index (χ3v) is 6.36. The molecule has 1 aliphatic carbocycles. The van der Waals surface area contributed by atoms with Gasteiger partial charge >= 0.3 is 0 Å². The lowest BCUT2D eigenvalue weighted by Gasteiger charge is -2.29. The fraction of sp³-hybridized carbons (Fsp3) is 0.500. The number of hydrogen-bond donors (Lipinski definition) is 0. The van der Waals surface area contributed by atoms with Gasteiger partial charge in [-0.25, -0.2) is 4.39 Å². The van der Waals surface area contributed by atoms with Gasteiger partial charge in [-0.15, -0.1) is 0 Å². The van der Waals surface area contributed by atoms with Crippen molar-refractivity contribution in [3.63, 3.8) is 0 Å². The number of rotatable bonds is 10. The molecule has 2 heteroatoms. The molecule has 0 aromatic heterocycles. The van der Waals surface area contributed by atoms with E-state index in [1.54, 1.807) is 6.07 Å². The molecule has 0 bridgehead atoms. The van der Waals surface area contributed by atoms with E-state index in [1.165, 1.54) is 50.5 Å². The molecule has 0 saturated heterocycles. The molecule has 0 aliphatic heterocycles. The van der Waals surface area contributed by atoms with Crippen molar-refractivity contribution in [1.29, 1.82) is 0 Å². The minimum Gasteiger partial charge on any atom is -0.378 e. The van der Waals surface area contributed by atoms with Crippen LogP contribution in [0.15, 0.2) is 54.6 Å². The van der Waals surface area contributed by atoms with Gasteiger partial charge in [0, 0.05) is 6.61 Å². The maximum absolute atomic E-state index is 14.5. The maximum Gasteiger partial charge on any atom is 0.127 e. The number of ether oxygens (including phenoxy) is 1. The number of unbranched alkanes of at least 4 members (excludes halogenated alkanes) is 2. The Bertz CT molecular complexity index is 785. The number of hydrogen-bond acceptors (Lipinski definition) is 1. The Kier molecular flexibility index (Phi) is 9.14. The summed E-state index contributed by atoms with van der Waals surface area (Å²) in [6.45, 7) is 5.15. The third kappa shape index (κ3) is 6.54. The monoisotopic (exact) mass is 408 g/mol. The average Bonchev–Trinajstić information content (AvgIpc) is 2.78. The van der Waals surface area contributed by atoms with Crippen molar-refractivity contribution in [3.05, 3.63) is 71.6 Å². The second-order valence-corrected chi connectivity index (χ2v) is 8.59. The Morgan fingerprint density at radius 1 is 0.967 bits per heavy atom. The van der Waals surface area contributed by atoms with Crippen LogP contribution in [0.3, 0.4) is 0 Å². The van der Waals surface area contributed by atoms with E-state index in [1.807, 2.05) is 25.1 Å². The summed E-state index contributed by atoms with van der Waals surface area (Å²) in [7, 11) is 0. The summed E-state index contributed by atoms with van der Waals surface area (Å²) in [6, 6.07) is 14.4. The summed E-state index contributed by atoms with van der Waals surface area (Å²) >= 11 is 0. The zero-order valence-electron chi connectivity index (χ0n) is 18.7. The average molecular weight is 409 g/mol. The van der Waals surface area contributed by atoms with Crippen molar-refractivity contribution in [2.45, 2.75) is 83.7 Å². The van der Waals surface area contributed by atoms with E-state index in [4.69, 9.17) is 4.74 Å². The van der Waals surface area contributed by atoms with Crippen molar-refractivity contribution in [2.75, 3.05) is 6.61 Å². The van der Waals surface area contributed by atoms with Gasteiger partial charge in [-0.3, -0.25) is 0 Å². The van der Waals surface area contributed by atoms with Crippen molar-refractivity contribution >= 4 is 0 Å². The molecule has 1 saturated carbocycles. The second kappa shape index (κ2) is 12.1. The molecule has 0 atom stereocenters. The van der Waals surface area contributed by atoms with Crippen LogP contribution in [0.25, 0.3) is 11.1 Å². The Hall–Kier alpha value is -1.93. The quantitative estimate of drug-likeness (QED) is 0.284. The van der Waals surface area contributed by atoms with Gasteiger partial charge in [-0.1, -0.05) is 68.3 Å². The van der Waals surface area contributed by atoms with E-state index in [0.29, 0.717) is 12.0 Å². The minimum absolute atomic E-state index is 0.0988. The highest BCUT2D eigenvalue weighted by Gasteiger charge is 2.22. The fourth-order valence-corrected chi connectivity index (χ4v) is 4.45. The maximum atomic E-state index is 14.5. The predicted octanol–water partition coefficient (Wildman–Crippen LogP) is 8.23. The Balaban J connectivity index is 1.53. The van der Waals surface area contributed by atoms with Crippen molar-refractivity contribution in [3.8, 4) is 11.1 Å². The van der Waals surface area contributed by atoms with Gasteiger partial charge in [0.15, 0.2) is 0 Å². The highest BCUT2D eigenvalue weighted by molar-refractivity contribution is 5.64. The largest absolute Gasteiger partial charge is 0.378 e. The molecule has 30 heavy (non-hydrogen) atoms. The molecular formula is C28H37FO. The lowest BCUT2D eigenvalue weighted by atomic mass is 9.82. The first kappa shape index (κ1) is 22.7. The zero-order chi connectivity index (χ0) is 21.2. The van der Waals surface area contributed by atoms with Crippen LogP contribution < -0.4 is 0 Å². The molecule has 2 aromatic rings. The first-order valence-corrected chi connectivity index (χ1v) is 11.8. The molecule has 0 amide bonds. The molecule has 0 unspecified atom stereocenters. The zero-order valence-corrected chi connectivity index (χ0v) is 18.7. The van der Waals surface area contributed by atoms with Crippen LogP contribution in [-0.2, 0) is 11.2 Å². The molecule has 3 rings (SSSR count). The van der Waals surface area contributed by atoms with Gasteiger partial charge in [-0.2, -0.15) is 0 Å². The summed E-state index contributed by atoms with van der Waals surface area (Å²) in [6.07, 6.45) is 14.6. The first-order valence-electron chi connectivity index (χ1n) is 11.8. The van der Waals surface area contributed by atoms with Gasteiger partial charge in [0.2, 0.25) is 0 Å². The molecule has 0 radical (unpaired) electrons. The molecule has 2 aromatic carbocycles. The normalized spacial score (nSPS) is 19.4. The predicted molar refractivity (Wildman–Crippen MR) is 125 cm³/mol. The lowest BCUT2D eigenvalue weighted by molar-refractivity contribution is 0.0227. The van der Waals surface area contributed by atoms with Crippen LogP contribution >= 0.6 is 0 Å². The van der Waals surface area contributed by atoms with Crippen molar-refractivity contribution in [2.24, 2.45) is 0 Å². The minimum atomic E-state index is -0.0988. The molecular weight excluding hydrogens is 371 g/mol. The van der Waals surface area contributed by atoms with Crippen LogP contribution in [-0.4, -0.2) is 12.7 Å². The summed E-state index contributed by atoms with van der Waals surface area (Å²) in [5.41, 5.74) is 4.25. The van der Waals surface area contributed by atoms with E-state index < -0.39 is 0 Å². The molecule has 1 nitrogen and oxygen atoms in total. The van der Waals surface area contributed by atoms with Gasteiger partial charge in [0.05, 0.1) is 6.10 Å². The standard InChI is InChI=1S/C28H37FO/c1-3-5-7-9-25-14-15-26(21-28(25)29)24-12-10-22(11-13-24)23-16-18-27(19-17-23)30-20-8-6-4-2/h3,5,10-15,21,23,27H,4,6-9,16-20H2,1-2H3/b5-3+. The third-order valence-electron chi connectivity index (χ3n) is 6.36. The van der Waals surface area contributed by atoms with Crippen molar-refractivity contribution in [1.82, 2.24) is 0 Å². The van der Waals surface area contributed by atoms with E-state index in [-0.39, 0.29) is 5.82 Å². The van der Waals surface area contributed by atoms with E-state index in [2.05, 4.69) is 37.3 Å². The smallest absolute Gasteiger partial charge is 0.127 e. The number of halogens is 1. The van der Waals surface area contributed by atoms with E-state index in [9.17, 15) is 4.39 Å². The lowest BCUT2D eigenvalue weighted by Crippen LogP contribution is -2.21. The number of aryl methyl sites for hydroxylation is 1. The number of benzene rings is 2. The fourth-order valence-electron chi connectivity index (χ4n) is 4.45. The topological polar surface area (TPSA) is 9.23 Å². The van der Waals surface area contributed by atoms with E-state index >= 15 is 0 Å². The second-order valence-electron chi connectivity index (χ2n) is 8.59. The molecule has 0 N–H and O–H groups in total. The molecule has 1 fully saturated rings. The van der Waals surface area contributed by atoms with Gasteiger partial charge in [-0.05, 0) is 86.1 Å². The summed E-state index contributed by atoms with van der Waals surface area (Å²) in [5.74, 6) is 0.526. The first-order chi connectivity index (χ1) is 14.7. The van der Waals surface area contributed by atoms with Crippen LogP contribution in [0.1, 0.15) is 82.3 Å². The van der Waals surface area contributed by atoms with E-state index in [0.717, 1.165) is 36.1 Å². The van der Waals surface area contributed by atoms with Gasteiger partial charge < -0.3 is 4.74 Å².